The molecule has 0 fully saturated rings. The van der Waals surface area contributed by atoms with Gasteiger partial charge < -0.3 is 14.8 Å². The Kier molecular flexibility index (Phi) is 6.99. The lowest BCUT2D eigenvalue weighted by Gasteiger charge is -2.16. The van der Waals surface area contributed by atoms with E-state index in [1.807, 2.05) is 56.3 Å². The molecule has 1 amide bonds. The van der Waals surface area contributed by atoms with Gasteiger partial charge in [0.1, 0.15) is 5.75 Å². The third-order valence-corrected chi connectivity index (χ3v) is 4.21. The van der Waals surface area contributed by atoms with Crippen LogP contribution in [0.5, 0.6) is 5.75 Å². The Morgan fingerprint density at radius 2 is 1.74 bits per heavy atom. The number of carbonyl (C=O) groups excluding carboxylic acids is 2. The van der Waals surface area contributed by atoms with Crippen molar-refractivity contribution < 1.29 is 19.1 Å². The maximum absolute atomic E-state index is 12.3. The molecule has 0 aliphatic heterocycles. The van der Waals surface area contributed by atoms with Crippen molar-refractivity contribution in [3.05, 3.63) is 59.2 Å². The van der Waals surface area contributed by atoms with E-state index in [2.05, 4.69) is 19.2 Å². The molecule has 0 bridgehead atoms. The summed E-state index contributed by atoms with van der Waals surface area (Å²) in [5.74, 6) is -0.0340. The Labute approximate surface area is 160 Å². The van der Waals surface area contributed by atoms with Crippen LogP contribution in [0.1, 0.15) is 43.4 Å². The van der Waals surface area contributed by atoms with Crippen LogP contribution in [0.2, 0.25) is 0 Å². The summed E-state index contributed by atoms with van der Waals surface area (Å²) in [4.78, 5) is 24.4. The van der Waals surface area contributed by atoms with Gasteiger partial charge in [-0.3, -0.25) is 4.79 Å². The van der Waals surface area contributed by atoms with E-state index in [1.165, 1.54) is 0 Å². The summed E-state index contributed by atoms with van der Waals surface area (Å²) in [5.41, 5.74) is 3.72. The van der Waals surface area contributed by atoms with Crippen molar-refractivity contribution >= 4 is 17.6 Å². The molecular formula is C22H27NO4. The molecule has 0 aliphatic rings. The van der Waals surface area contributed by atoms with Crippen molar-refractivity contribution in [2.45, 2.75) is 46.6 Å². The molecule has 5 heteroatoms. The first-order chi connectivity index (χ1) is 12.8. The summed E-state index contributed by atoms with van der Waals surface area (Å²) in [7, 11) is 0. The highest BCUT2D eigenvalue weighted by atomic mass is 16.6. The smallest absolute Gasteiger partial charge is 0.344 e. The standard InChI is InChI=1S/C22H27NO4/c1-14(2)18-8-6-7-9-20(18)26-13-21(24)27-17(5)22(25)23-19-12-15(3)10-11-16(19)4/h6-12,14,17H,13H2,1-5H3,(H,23,25)/t17-/m1/s1. The van der Waals surface area contributed by atoms with Gasteiger partial charge in [-0.25, -0.2) is 4.79 Å². The lowest BCUT2D eigenvalue weighted by molar-refractivity contribution is -0.155. The van der Waals surface area contributed by atoms with Crippen LogP contribution in [0.15, 0.2) is 42.5 Å². The van der Waals surface area contributed by atoms with Gasteiger partial charge in [0.25, 0.3) is 5.91 Å². The van der Waals surface area contributed by atoms with Gasteiger partial charge in [0, 0.05) is 5.69 Å². The van der Waals surface area contributed by atoms with Crippen molar-refractivity contribution in [3.8, 4) is 5.75 Å². The lowest BCUT2D eigenvalue weighted by Crippen LogP contribution is -2.32. The fourth-order valence-electron chi connectivity index (χ4n) is 2.62. The number of benzene rings is 2. The van der Waals surface area contributed by atoms with Crippen molar-refractivity contribution in [2.75, 3.05) is 11.9 Å². The molecule has 0 spiro atoms. The number of carbonyl (C=O) groups is 2. The van der Waals surface area contributed by atoms with E-state index < -0.39 is 12.1 Å². The molecule has 5 nitrogen and oxygen atoms in total. The van der Waals surface area contributed by atoms with Crippen LogP contribution in [-0.2, 0) is 14.3 Å². The summed E-state index contributed by atoms with van der Waals surface area (Å²) in [6, 6.07) is 13.4. The Bertz CT molecular complexity index is 814. The predicted octanol–water partition coefficient (Wildman–Crippen LogP) is 4.38. The third kappa shape index (κ3) is 5.84. The lowest BCUT2D eigenvalue weighted by atomic mass is 10.0. The third-order valence-electron chi connectivity index (χ3n) is 4.21. The highest BCUT2D eigenvalue weighted by Crippen LogP contribution is 2.25. The van der Waals surface area contributed by atoms with Gasteiger partial charge in [0.05, 0.1) is 0 Å². The Morgan fingerprint density at radius 1 is 1.04 bits per heavy atom. The highest BCUT2D eigenvalue weighted by Gasteiger charge is 2.19. The van der Waals surface area contributed by atoms with E-state index in [0.717, 1.165) is 16.7 Å². The van der Waals surface area contributed by atoms with E-state index >= 15 is 0 Å². The molecule has 0 saturated heterocycles. The van der Waals surface area contributed by atoms with Gasteiger partial charge in [-0.15, -0.1) is 0 Å². The molecule has 0 heterocycles. The molecule has 2 rings (SSSR count). The normalized spacial score (nSPS) is 11.8. The van der Waals surface area contributed by atoms with Crippen LogP contribution >= 0.6 is 0 Å². The maximum atomic E-state index is 12.3. The minimum atomic E-state index is -0.915. The minimum Gasteiger partial charge on any atom is -0.482 e. The Balaban J connectivity index is 1.90. The fourth-order valence-corrected chi connectivity index (χ4v) is 2.62. The van der Waals surface area contributed by atoms with Crippen LogP contribution in [0.4, 0.5) is 5.69 Å². The number of ether oxygens (including phenoxy) is 2. The van der Waals surface area contributed by atoms with E-state index in [-0.39, 0.29) is 18.4 Å². The number of rotatable bonds is 7. The maximum Gasteiger partial charge on any atom is 0.344 e. The van der Waals surface area contributed by atoms with Crippen molar-refractivity contribution in [3.63, 3.8) is 0 Å². The summed E-state index contributed by atoms with van der Waals surface area (Å²) >= 11 is 0. The van der Waals surface area contributed by atoms with Gasteiger partial charge in [-0.2, -0.15) is 0 Å². The second kappa shape index (κ2) is 9.21. The number of anilines is 1. The molecule has 27 heavy (non-hydrogen) atoms. The fraction of sp³-hybridized carbons (Fsp3) is 0.364. The number of para-hydroxylation sites is 1. The summed E-state index contributed by atoms with van der Waals surface area (Å²) in [5, 5.41) is 2.80. The van der Waals surface area contributed by atoms with E-state index in [1.54, 1.807) is 6.92 Å². The largest absolute Gasteiger partial charge is 0.482 e. The summed E-state index contributed by atoms with van der Waals surface area (Å²) in [6.07, 6.45) is -0.915. The molecule has 0 unspecified atom stereocenters. The average Bonchev–Trinajstić information content (AvgIpc) is 2.63. The first kappa shape index (κ1) is 20.5. The molecule has 0 aromatic heterocycles. The number of nitrogens with one attached hydrogen (secondary N) is 1. The van der Waals surface area contributed by atoms with Crippen molar-refractivity contribution in [2.24, 2.45) is 0 Å². The quantitative estimate of drug-likeness (QED) is 0.736. The first-order valence-electron chi connectivity index (χ1n) is 9.07. The van der Waals surface area contributed by atoms with Crippen LogP contribution in [0.25, 0.3) is 0 Å². The molecule has 2 aromatic rings. The van der Waals surface area contributed by atoms with E-state index in [9.17, 15) is 9.59 Å². The predicted molar refractivity (Wildman–Crippen MR) is 106 cm³/mol. The topological polar surface area (TPSA) is 64.6 Å². The Hall–Kier alpha value is -2.82. The minimum absolute atomic E-state index is 0.245. The zero-order chi connectivity index (χ0) is 20.0. The van der Waals surface area contributed by atoms with Gasteiger partial charge >= 0.3 is 5.97 Å². The number of amides is 1. The van der Waals surface area contributed by atoms with Gasteiger partial charge in [0.2, 0.25) is 0 Å². The average molecular weight is 369 g/mol. The highest BCUT2D eigenvalue weighted by molar-refractivity contribution is 5.95. The van der Waals surface area contributed by atoms with Crippen LogP contribution < -0.4 is 10.1 Å². The molecule has 2 aromatic carbocycles. The molecular weight excluding hydrogens is 342 g/mol. The SMILES string of the molecule is Cc1ccc(C)c(NC(=O)[C@@H](C)OC(=O)COc2ccccc2C(C)C)c1. The molecule has 144 valence electrons. The monoisotopic (exact) mass is 369 g/mol. The second-order valence-electron chi connectivity index (χ2n) is 6.92. The number of hydrogen-bond donors (Lipinski definition) is 1. The number of hydrogen-bond acceptors (Lipinski definition) is 4. The number of aryl methyl sites for hydroxylation is 2. The van der Waals surface area contributed by atoms with Gasteiger partial charge in [0.15, 0.2) is 12.7 Å². The second-order valence-corrected chi connectivity index (χ2v) is 6.92. The molecule has 1 N–H and O–H groups in total. The zero-order valence-corrected chi connectivity index (χ0v) is 16.5. The van der Waals surface area contributed by atoms with Crippen LogP contribution in [0.3, 0.4) is 0 Å². The summed E-state index contributed by atoms with van der Waals surface area (Å²) in [6.45, 7) is 9.27. The first-order valence-corrected chi connectivity index (χ1v) is 9.07. The molecule has 1 atom stereocenters. The zero-order valence-electron chi connectivity index (χ0n) is 16.5. The van der Waals surface area contributed by atoms with Gasteiger partial charge in [-0.05, 0) is 55.5 Å². The van der Waals surface area contributed by atoms with Crippen molar-refractivity contribution in [1.29, 1.82) is 0 Å². The molecule has 0 radical (unpaired) electrons. The summed E-state index contributed by atoms with van der Waals surface area (Å²) < 4.78 is 10.8. The number of esters is 1. The van der Waals surface area contributed by atoms with E-state index in [4.69, 9.17) is 9.47 Å². The van der Waals surface area contributed by atoms with Crippen LogP contribution in [-0.4, -0.2) is 24.6 Å². The van der Waals surface area contributed by atoms with Gasteiger partial charge in [-0.1, -0.05) is 44.2 Å². The Morgan fingerprint density at radius 3 is 2.44 bits per heavy atom. The van der Waals surface area contributed by atoms with E-state index in [0.29, 0.717) is 11.4 Å². The van der Waals surface area contributed by atoms with Crippen molar-refractivity contribution in [1.82, 2.24) is 0 Å². The van der Waals surface area contributed by atoms with Crippen LogP contribution in [0, 0.1) is 13.8 Å². The molecule has 0 aliphatic carbocycles. The molecule has 0 saturated carbocycles.